The van der Waals surface area contributed by atoms with Crippen molar-refractivity contribution in [3.8, 4) is 5.75 Å². The molecule has 2 aromatic rings. The van der Waals surface area contributed by atoms with E-state index in [1.807, 2.05) is 6.92 Å². The summed E-state index contributed by atoms with van der Waals surface area (Å²) in [6, 6.07) is 10.8. The Morgan fingerprint density at radius 3 is 2.68 bits per heavy atom. The number of amides is 1. The minimum atomic E-state index is -1.41. The Balaban J connectivity index is 2.09. The second-order valence-corrected chi connectivity index (χ2v) is 5.69. The Morgan fingerprint density at radius 2 is 2.00 bits per heavy atom. The van der Waals surface area contributed by atoms with E-state index >= 15 is 0 Å². The maximum Gasteiger partial charge on any atom is 0.257 e. The molecule has 0 unspecified atom stereocenters. The van der Waals surface area contributed by atoms with E-state index in [1.165, 1.54) is 18.2 Å². The molecule has 0 spiro atoms. The summed E-state index contributed by atoms with van der Waals surface area (Å²) < 4.78 is 5.34. The third-order valence-electron chi connectivity index (χ3n) is 3.08. The zero-order valence-corrected chi connectivity index (χ0v) is 14.7. The van der Waals surface area contributed by atoms with E-state index in [0.29, 0.717) is 17.9 Å². The van der Waals surface area contributed by atoms with E-state index in [4.69, 9.17) is 28.6 Å². The molecule has 0 aromatic heterocycles. The third-order valence-corrected chi connectivity index (χ3v) is 3.52. The highest BCUT2D eigenvalue weighted by molar-refractivity contribution is 7.80. The topological polar surface area (TPSA) is 90.5 Å². The van der Waals surface area contributed by atoms with Gasteiger partial charge in [0, 0.05) is 21.8 Å². The molecule has 2 N–H and O–H groups in total. The molecular formula is C17H14ClN2O4S-. The number of nitrogens with one attached hydrogen (secondary N) is 2. The highest BCUT2D eigenvalue weighted by Gasteiger charge is 2.11. The molecule has 0 fully saturated rings. The number of benzene rings is 2. The van der Waals surface area contributed by atoms with Crippen LogP contribution in [0.2, 0.25) is 5.02 Å². The van der Waals surface area contributed by atoms with Crippen molar-refractivity contribution in [2.24, 2.45) is 0 Å². The van der Waals surface area contributed by atoms with Crippen LogP contribution in [0.4, 0.5) is 5.69 Å². The molecule has 0 aliphatic rings. The van der Waals surface area contributed by atoms with Crippen LogP contribution in [0.5, 0.6) is 5.75 Å². The summed E-state index contributed by atoms with van der Waals surface area (Å²) in [5.41, 5.74) is 0.353. The molecule has 2 aromatic carbocycles. The molecule has 0 aliphatic carbocycles. The predicted molar refractivity (Wildman–Crippen MR) is 97.1 cm³/mol. The summed E-state index contributed by atoms with van der Waals surface area (Å²) >= 11 is 10.8. The number of anilines is 1. The van der Waals surface area contributed by atoms with Crippen LogP contribution in [0.1, 0.15) is 27.6 Å². The lowest BCUT2D eigenvalue weighted by molar-refractivity contribution is -0.254. The number of halogens is 1. The van der Waals surface area contributed by atoms with Crippen molar-refractivity contribution >= 4 is 46.5 Å². The smallest absolute Gasteiger partial charge is 0.257 e. The number of carboxylic acid groups (broad SMARTS) is 1. The summed E-state index contributed by atoms with van der Waals surface area (Å²) in [6.07, 6.45) is 0. The van der Waals surface area contributed by atoms with Gasteiger partial charge in [-0.15, -0.1) is 0 Å². The average Bonchev–Trinajstić information content (AvgIpc) is 2.56. The lowest BCUT2D eigenvalue weighted by atomic mass is 10.2. The minimum Gasteiger partial charge on any atom is -0.545 e. The molecule has 25 heavy (non-hydrogen) atoms. The van der Waals surface area contributed by atoms with Crippen LogP contribution < -0.4 is 20.5 Å². The molecule has 0 atom stereocenters. The van der Waals surface area contributed by atoms with Crippen molar-refractivity contribution in [3.05, 3.63) is 58.6 Å². The van der Waals surface area contributed by atoms with Gasteiger partial charge in [-0.2, -0.15) is 0 Å². The van der Waals surface area contributed by atoms with Gasteiger partial charge in [0.25, 0.3) is 5.91 Å². The van der Waals surface area contributed by atoms with Crippen LogP contribution >= 0.6 is 23.8 Å². The first-order valence-electron chi connectivity index (χ1n) is 7.26. The Hall–Kier alpha value is -2.64. The van der Waals surface area contributed by atoms with Crippen LogP contribution in [-0.4, -0.2) is 23.6 Å². The van der Waals surface area contributed by atoms with E-state index in [-0.39, 0.29) is 21.4 Å². The van der Waals surface area contributed by atoms with Crippen LogP contribution in [0.3, 0.4) is 0 Å². The van der Waals surface area contributed by atoms with Crippen molar-refractivity contribution in [1.82, 2.24) is 5.32 Å². The fourth-order valence-corrected chi connectivity index (χ4v) is 2.39. The standard InChI is InChI=1S/C17H15ClN2O4S/c1-2-24-12-5-3-4-10(8-12)15(21)20-17(25)19-14-7-6-11(18)9-13(14)16(22)23/h3-9H,2H2,1H3,(H,22,23)(H2,19,20,21,25)/p-1. The number of ether oxygens (including phenoxy) is 1. The minimum absolute atomic E-state index is 0.0587. The van der Waals surface area contributed by atoms with Crippen molar-refractivity contribution in [2.75, 3.05) is 11.9 Å². The lowest BCUT2D eigenvalue weighted by Gasteiger charge is -2.14. The van der Waals surface area contributed by atoms with Gasteiger partial charge in [-0.05, 0) is 55.5 Å². The molecule has 0 bridgehead atoms. The number of carbonyl (C=O) groups is 2. The summed E-state index contributed by atoms with van der Waals surface area (Å²) in [6.45, 7) is 2.32. The van der Waals surface area contributed by atoms with Crippen LogP contribution in [0.25, 0.3) is 0 Å². The summed E-state index contributed by atoms with van der Waals surface area (Å²) in [4.78, 5) is 23.4. The van der Waals surface area contributed by atoms with Gasteiger partial charge in [-0.1, -0.05) is 17.7 Å². The molecule has 6 nitrogen and oxygen atoms in total. The van der Waals surface area contributed by atoms with Crippen LogP contribution in [-0.2, 0) is 0 Å². The average molecular weight is 378 g/mol. The lowest BCUT2D eigenvalue weighted by Crippen LogP contribution is -2.35. The third kappa shape index (κ3) is 5.17. The highest BCUT2D eigenvalue weighted by atomic mass is 35.5. The first kappa shape index (κ1) is 18.7. The second-order valence-electron chi connectivity index (χ2n) is 4.85. The number of hydrogen-bond acceptors (Lipinski definition) is 5. The zero-order valence-electron chi connectivity index (χ0n) is 13.2. The maximum atomic E-state index is 12.2. The van der Waals surface area contributed by atoms with Crippen molar-refractivity contribution in [2.45, 2.75) is 6.92 Å². The van der Waals surface area contributed by atoms with Gasteiger partial charge in [0.1, 0.15) is 5.75 Å². The molecule has 0 aliphatic heterocycles. The number of aromatic carboxylic acids is 1. The monoisotopic (exact) mass is 377 g/mol. The van der Waals surface area contributed by atoms with E-state index in [2.05, 4.69) is 10.6 Å². The number of rotatable bonds is 5. The number of carboxylic acids is 1. The molecule has 0 radical (unpaired) electrons. The highest BCUT2D eigenvalue weighted by Crippen LogP contribution is 2.20. The van der Waals surface area contributed by atoms with E-state index in [1.54, 1.807) is 24.3 Å². The van der Waals surface area contributed by atoms with Crippen molar-refractivity contribution in [1.29, 1.82) is 0 Å². The molecule has 130 valence electrons. The maximum absolute atomic E-state index is 12.2. The van der Waals surface area contributed by atoms with Gasteiger partial charge in [-0.25, -0.2) is 0 Å². The van der Waals surface area contributed by atoms with Gasteiger partial charge in [0.2, 0.25) is 0 Å². The number of hydrogen-bond donors (Lipinski definition) is 2. The van der Waals surface area contributed by atoms with E-state index < -0.39 is 11.9 Å². The molecule has 0 heterocycles. The van der Waals surface area contributed by atoms with Gasteiger partial charge in [0.15, 0.2) is 5.11 Å². The van der Waals surface area contributed by atoms with Gasteiger partial charge in [-0.3, -0.25) is 10.1 Å². The summed E-state index contributed by atoms with van der Waals surface area (Å²) in [7, 11) is 0. The predicted octanol–water partition coefficient (Wildman–Crippen LogP) is 2.23. The second kappa shape index (κ2) is 8.46. The summed E-state index contributed by atoms with van der Waals surface area (Å²) in [5.74, 6) is -1.31. The van der Waals surface area contributed by atoms with Crippen LogP contribution in [0, 0.1) is 0 Å². The molecule has 1 amide bonds. The Labute approximate surface area is 154 Å². The Kier molecular flexibility index (Phi) is 6.32. The largest absolute Gasteiger partial charge is 0.545 e. The molecular weight excluding hydrogens is 364 g/mol. The Bertz CT molecular complexity index is 826. The first-order valence-corrected chi connectivity index (χ1v) is 8.05. The number of thiocarbonyl (C=S) groups is 1. The fraction of sp³-hybridized carbons (Fsp3) is 0.118. The molecule has 0 saturated carbocycles. The van der Waals surface area contributed by atoms with E-state index in [0.717, 1.165) is 0 Å². The SMILES string of the molecule is CCOc1cccc(C(=O)NC(=S)Nc2ccc(Cl)cc2C(=O)[O-])c1. The van der Waals surface area contributed by atoms with Crippen LogP contribution in [0.15, 0.2) is 42.5 Å². The molecule has 0 saturated heterocycles. The zero-order chi connectivity index (χ0) is 18.4. The van der Waals surface area contributed by atoms with Crippen molar-refractivity contribution < 1.29 is 19.4 Å². The Morgan fingerprint density at radius 1 is 1.24 bits per heavy atom. The molecule has 2 rings (SSSR count). The van der Waals surface area contributed by atoms with Gasteiger partial charge < -0.3 is 20.0 Å². The normalized spacial score (nSPS) is 10.0. The van der Waals surface area contributed by atoms with Crippen molar-refractivity contribution in [3.63, 3.8) is 0 Å². The quantitative estimate of drug-likeness (QED) is 0.776. The summed E-state index contributed by atoms with van der Waals surface area (Å²) in [5, 5.41) is 16.5. The fourth-order valence-electron chi connectivity index (χ4n) is 2.02. The van der Waals surface area contributed by atoms with E-state index in [9.17, 15) is 14.7 Å². The number of carbonyl (C=O) groups excluding carboxylic acids is 2. The van der Waals surface area contributed by atoms with Gasteiger partial charge >= 0.3 is 0 Å². The molecule has 8 heteroatoms. The first-order chi connectivity index (χ1) is 11.9. The van der Waals surface area contributed by atoms with Gasteiger partial charge in [0.05, 0.1) is 12.6 Å².